The van der Waals surface area contributed by atoms with Crippen LogP contribution in [0.25, 0.3) is 11.4 Å². The number of nitrogens with one attached hydrogen (secondary N) is 1. The predicted molar refractivity (Wildman–Crippen MR) is 75.0 cm³/mol. The van der Waals surface area contributed by atoms with E-state index >= 15 is 0 Å². The van der Waals surface area contributed by atoms with E-state index in [1.54, 1.807) is 10.9 Å². The van der Waals surface area contributed by atoms with Crippen LogP contribution in [0.2, 0.25) is 0 Å². The Kier molecular flexibility index (Phi) is 3.20. The second kappa shape index (κ2) is 5.16. The maximum absolute atomic E-state index is 5.39. The van der Waals surface area contributed by atoms with Crippen molar-refractivity contribution in [1.82, 2.24) is 20.2 Å². The Balaban J connectivity index is 1.83. The van der Waals surface area contributed by atoms with Crippen LogP contribution in [0.4, 0.5) is 5.69 Å². The van der Waals surface area contributed by atoms with E-state index in [9.17, 15) is 0 Å². The highest BCUT2D eigenvalue weighted by atomic mass is 16.3. The van der Waals surface area contributed by atoms with Crippen molar-refractivity contribution in [3.8, 4) is 11.4 Å². The van der Waals surface area contributed by atoms with E-state index in [0.717, 1.165) is 22.8 Å². The van der Waals surface area contributed by atoms with E-state index in [1.807, 2.05) is 43.4 Å². The molecule has 6 heteroatoms. The normalized spacial score (nSPS) is 12.3. The lowest BCUT2D eigenvalue weighted by Crippen LogP contribution is -2.05. The van der Waals surface area contributed by atoms with Gasteiger partial charge in [-0.25, -0.2) is 4.68 Å². The van der Waals surface area contributed by atoms with Crippen LogP contribution in [0.15, 0.2) is 47.1 Å². The number of aromatic nitrogens is 4. The second-order valence-electron chi connectivity index (χ2n) is 4.59. The highest BCUT2D eigenvalue weighted by Gasteiger charge is 2.10. The average molecular weight is 269 g/mol. The van der Waals surface area contributed by atoms with Crippen LogP contribution in [-0.2, 0) is 7.05 Å². The first-order valence-corrected chi connectivity index (χ1v) is 6.37. The Labute approximate surface area is 116 Å². The van der Waals surface area contributed by atoms with Crippen molar-refractivity contribution in [1.29, 1.82) is 0 Å². The van der Waals surface area contributed by atoms with Crippen molar-refractivity contribution >= 4 is 5.69 Å². The first-order valence-electron chi connectivity index (χ1n) is 6.37. The molecular formula is C14H15N5O. The molecule has 1 N–H and O–H groups in total. The fourth-order valence-corrected chi connectivity index (χ4v) is 2.08. The minimum absolute atomic E-state index is 0.0953. The quantitative estimate of drug-likeness (QED) is 0.788. The number of rotatable bonds is 4. The molecule has 0 radical (unpaired) electrons. The van der Waals surface area contributed by atoms with Gasteiger partial charge in [0.1, 0.15) is 5.76 Å². The van der Waals surface area contributed by atoms with E-state index in [1.165, 1.54) is 0 Å². The molecular weight excluding hydrogens is 254 g/mol. The molecule has 0 aliphatic carbocycles. The minimum atomic E-state index is 0.0953. The molecule has 1 aromatic carbocycles. The van der Waals surface area contributed by atoms with Gasteiger partial charge in [-0.05, 0) is 41.6 Å². The van der Waals surface area contributed by atoms with Gasteiger partial charge in [-0.3, -0.25) is 0 Å². The van der Waals surface area contributed by atoms with Crippen molar-refractivity contribution in [2.24, 2.45) is 7.05 Å². The molecule has 0 saturated carbocycles. The molecule has 0 fully saturated rings. The third-order valence-electron chi connectivity index (χ3n) is 3.09. The molecule has 0 bridgehead atoms. The van der Waals surface area contributed by atoms with Gasteiger partial charge in [-0.2, -0.15) is 0 Å². The van der Waals surface area contributed by atoms with Crippen LogP contribution < -0.4 is 5.32 Å². The molecule has 0 spiro atoms. The Morgan fingerprint density at radius 1 is 1.25 bits per heavy atom. The molecule has 3 aromatic rings. The summed E-state index contributed by atoms with van der Waals surface area (Å²) in [6, 6.07) is 11.9. The number of nitrogens with zero attached hydrogens (tertiary/aromatic N) is 4. The Bertz CT molecular complexity index is 689. The molecule has 0 amide bonds. The number of aryl methyl sites for hydroxylation is 1. The Morgan fingerprint density at radius 2 is 2.15 bits per heavy atom. The first kappa shape index (κ1) is 12.4. The van der Waals surface area contributed by atoms with Gasteiger partial charge in [0.25, 0.3) is 0 Å². The number of hydrogen-bond donors (Lipinski definition) is 1. The molecule has 1 unspecified atom stereocenters. The fraction of sp³-hybridized carbons (Fsp3) is 0.214. The fourth-order valence-electron chi connectivity index (χ4n) is 2.08. The van der Waals surface area contributed by atoms with E-state index < -0.39 is 0 Å². The van der Waals surface area contributed by atoms with E-state index in [0.29, 0.717) is 0 Å². The van der Waals surface area contributed by atoms with Crippen LogP contribution in [0, 0.1) is 0 Å². The topological polar surface area (TPSA) is 68.8 Å². The van der Waals surface area contributed by atoms with Crippen LogP contribution in [0.1, 0.15) is 18.7 Å². The lowest BCUT2D eigenvalue weighted by atomic mass is 10.1. The Hall–Kier alpha value is -2.63. The van der Waals surface area contributed by atoms with Gasteiger partial charge >= 0.3 is 0 Å². The van der Waals surface area contributed by atoms with Crippen molar-refractivity contribution in [2.45, 2.75) is 13.0 Å². The first-order chi connectivity index (χ1) is 9.74. The van der Waals surface area contributed by atoms with Crippen molar-refractivity contribution in [2.75, 3.05) is 5.32 Å². The molecule has 3 rings (SSSR count). The van der Waals surface area contributed by atoms with Gasteiger partial charge in [-0.15, -0.1) is 5.10 Å². The third kappa shape index (κ3) is 2.40. The number of furan rings is 1. The summed E-state index contributed by atoms with van der Waals surface area (Å²) in [7, 11) is 1.82. The molecule has 0 saturated heterocycles. The summed E-state index contributed by atoms with van der Waals surface area (Å²) < 4.78 is 7.04. The molecule has 6 nitrogen and oxygen atoms in total. The number of anilines is 1. The van der Waals surface area contributed by atoms with Gasteiger partial charge in [-0.1, -0.05) is 12.1 Å². The molecule has 1 atom stereocenters. The summed E-state index contributed by atoms with van der Waals surface area (Å²) in [6.07, 6.45) is 1.68. The van der Waals surface area contributed by atoms with Crippen molar-refractivity contribution < 1.29 is 4.42 Å². The lowest BCUT2D eigenvalue weighted by molar-refractivity contribution is 0.490. The maximum atomic E-state index is 5.39. The summed E-state index contributed by atoms with van der Waals surface area (Å²) in [5.74, 6) is 1.63. The van der Waals surface area contributed by atoms with Crippen molar-refractivity contribution in [3.63, 3.8) is 0 Å². The maximum Gasteiger partial charge on any atom is 0.181 e. The van der Waals surface area contributed by atoms with E-state index in [-0.39, 0.29) is 6.04 Å². The van der Waals surface area contributed by atoms with Gasteiger partial charge in [0.15, 0.2) is 5.82 Å². The average Bonchev–Trinajstić information content (AvgIpc) is 3.10. The van der Waals surface area contributed by atoms with E-state index in [4.69, 9.17) is 4.42 Å². The standard InChI is InChI=1S/C14H15N5O/c1-10(13-7-4-8-20-13)15-12-6-3-5-11(9-12)14-16-17-18-19(14)2/h3-10,15H,1-2H3. The SMILES string of the molecule is CC(Nc1cccc(-c2nnnn2C)c1)c1ccco1. The number of benzene rings is 1. The summed E-state index contributed by atoms with van der Waals surface area (Å²) in [6.45, 7) is 2.05. The summed E-state index contributed by atoms with van der Waals surface area (Å²) >= 11 is 0. The van der Waals surface area contributed by atoms with Gasteiger partial charge < -0.3 is 9.73 Å². The smallest absolute Gasteiger partial charge is 0.181 e. The molecule has 0 aliphatic heterocycles. The molecule has 20 heavy (non-hydrogen) atoms. The summed E-state index contributed by atoms with van der Waals surface area (Å²) in [4.78, 5) is 0. The molecule has 2 heterocycles. The lowest BCUT2D eigenvalue weighted by Gasteiger charge is -2.13. The second-order valence-corrected chi connectivity index (χ2v) is 4.59. The molecule has 102 valence electrons. The van der Waals surface area contributed by atoms with Crippen LogP contribution >= 0.6 is 0 Å². The number of tetrazole rings is 1. The molecule has 2 aromatic heterocycles. The van der Waals surface area contributed by atoms with E-state index in [2.05, 4.69) is 27.8 Å². The zero-order valence-electron chi connectivity index (χ0n) is 11.3. The minimum Gasteiger partial charge on any atom is -0.467 e. The monoisotopic (exact) mass is 269 g/mol. The Morgan fingerprint density at radius 3 is 2.85 bits per heavy atom. The summed E-state index contributed by atoms with van der Waals surface area (Å²) in [5.41, 5.74) is 1.96. The predicted octanol–water partition coefficient (Wildman–Crippen LogP) is 2.64. The highest BCUT2D eigenvalue weighted by Crippen LogP contribution is 2.23. The van der Waals surface area contributed by atoms with Crippen LogP contribution in [-0.4, -0.2) is 20.2 Å². The molecule has 0 aliphatic rings. The third-order valence-corrected chi connectivity index (χ3v) is 3.09. The van der Waals surface area contributed by atoms with Gasteiger partial charge in [0.2, 0.25) is 0 Å². The zero-order valence-corrected chi connectivity index (χ0v) is 11.3. The van der Waals surface area contributed by atoms with Crippen LogP contribution in [0.3, 0.4) is 0 Å². The van der Waals surface area contributed by atoms with Crippen LogP contribution in [0.5, 0.6) is 0 Å². The summed E-state index contributed by atoms with van der Waals surface area (Å²) in [5, 5.41) is 14.9. The van der Waals surface area contributed by atoms with Gasteiger partial charge in [0.05, 0.1) is 12.3 Å². The van der Waals surface area contributed by atoms with Gasteiger partial charge in [0, 0.05) is 18.3 Å². The number of hydrogen-bond acceptors (Lipinski definition) is 5. The van der Waals surface area contributed by atoms with Crippen molar-refractivity contribution in [3.05, 3.63) is 48.4 Å². The highest BCUT2D eigenvalue weighted by molar-refractivity contribution is 5.62. The largest absolute Gasteiger partial charge is 0.467 e. The zero-order chi connectivity index (χ0) is 13.9.